The molecule has 4 nitrogen and oxygen atoms in total. The van der Waals surface area contributed by atoms with Gasteiger partial charge in [-0.15, -0.1) is 0 Å². The molecule has 1 saturated heterocycles. The van der Waals surface area contributed by atoms with Crippen molar-refractivity contribution < 1.29 is 0 Å². The third-order valence-electron chi connectivity index (χ3n) is 1.24. The first kappa shape index (κ1) is 7.63. The molecule has 0 aliphatic carbocycles. The predicted octanol–water partition coefficient (Wildman–Crippen LogP) is -0.377. The Hall–Kier alpha value is -0.480. The molecule has 10 heavy (non-hydrogen) atoms. The number of nitrogens with zero attached hydrogens (tertiary/aromatic N) is 1. The third-order valence-corrected chi connectivity index (χ3v) is 1.47. The fourth-order valence-corrected chi connectivity index (χ4v) is 1.09. The Bertz CT molecular complexity index is 135. The fraction of sp³-hybridized carbons (Fsp3) is 0.800. The summed E-state index contributed by atoms with van der Waals surface area (Å²) in [5.41, 5.74) is -0.227. The third kappa shape index (κ3) is 1.75. The van der Waals surface area contributed by atoms with Gasteiger partial charge in [-0.2, -0.15) is 0 Å². The molecule has 1 fully saturated rings. The molecule has 2 atom stereocenters. The molecule has 0 aromatic carbocycles. The number of rotatable bonds is 0. The summed E-state index contributed by atoms with van der Waals surface area (Å²) in [4.78, 5) is 3.92. The number of hydrogen-bond acceptors (Lipinski definition) is 2. The summed E-state index contributed by atoms with van der Waals surface area (Å²) in [7, 11) is 1.71. The van der Waals surface area contributed by atoms with Crippen LogP contribution in [0.3, 0.4) is 0 Å². The van der Waals surface area contributed by atoms with Crippen molar-refractivity contribution in [3.8, 4) is 0 Å². The van der Waals surface area contributed by atoms with E-state index in [2.05, 4.69) is 20.9 Å². The normalized spacial score (nSPS) is 36.9. The molecule has 0 radical (unpaired) electrons. The molecule has 0 spiro atoms. The van der Waals surface area contributed by atoms with Crippen molar-refractivity contribution in [1.82, 2.24) is 16.0 Å². The van der Waals surface area contributed by atoms with Crippen molar-refractivity contribution in [3.05, 3.63) is 0 Å². The quantitative estimate of drug-likeness (QED) is 0.336. The van der Waals surface area contributed by atoms with Gasteiger partial charge in [0.25, 0.3) is 0 Å². The number of hydrogen-bond donors (Lipinski definition) is 3. The first-order valence-corrected chi connectivity index (χ1v) is 3.56. The van der Waals surface area contributed by atoms with E-state index in [1.165, 1.54) is 0 Å². The highest BCUT2D eigenvalue weighted by Crippen LogP contribution is 1.92. The molecule has 1 heterocycles. The number of halogens is 1. The molecule has 58 valence electrons. The van der Waals surface area contributed by atoms with Crippen LogP contribution in [-0.4, -0.2) is 24.8 Å². The lowest BCUT2D eigenvalue weighted by Gasteiger charge is -2.29. The van der Waals surface area contributed by atoms with Crippen molar-refractivity contribution in [3.63, 3.8) is 0 Å². The lowest BCUT2D eigenvalue weighted by molar-refractivity contribution is 0.439. The van der Waals surface area contributed by atoms with E-state index in [9.17, 15) is 0 Å². The first-order valence-electron chi connectivity index (χ1n) is 3.12. The Labute approximate surface area is 65.0 Å². The van der Waals surface area contributed by atoms with E-state index in [1.807, 2.05) is 6.92 Å². The average molecular weight is 163 g/mol. The minimum Gasteiger partial charge on any atom is -0.341 e. The monoisotopic (exact) mass is 162 g/mol. The molecule has 1 aliphatic rings. The van der Waals surface area contributed by atoms with E-state index in [0.29, 0.717) is 0 Å². The topological polar surface area (TPSA) is 48.5 Å². The lowest BCUT2D eigenvalue weighted by atomic mass is 10.5. The number of nitrogens with one attached hydrogen (secondary N) is 3. The van der Waals surface area contributed by atoms with Crippen molar-refractivity contribution >= 4 is 17.6 Å². The van der Waals surface area contributed by atoms with E-state index in [1.54, 1.807) is 7.05 Å². The van der Waals surface area contributed by atoms with Crippen LogP contribution in [-0.2, 0) is 0 Å². The lowest BCUT2D eigenvalue weighted by Crippen LogP contribution is -2.62. The van der Waals surface area contributed by atoms with Crippen molar-refractivity contribution in [2.45, 2.75) is 18.7 Å². The average Bonchev–Trinajstić information content (AvgIpc) is 1.85. The van der Waals surface area contributed by atoms with Gasteiger partial charge in [0, 0.05) is 7.05 Å². The standard InChI is InChI=1S/C5H11ClN4/c1-3-8-4(6)10-5(7-2)9-3/h3-4,8H,1-2H3,(H2,7,9,10). The van der Waals surface area contributed by atoms with Gasteiger partial charge in [-0.25, -0.2) is 0 Å². The van der Waals surface area contributed by atoms with Gasteiger partial charge in [-0.05, 0) is 6.92 Å². The largest absolute Gasteiger partial charge is 0.341 e. The smallest absolute Gasteiger partial charge is 0.194 e. The van der Waals surface area contributed by atoms with E-state index < -0.39 is 0 Å². The van der Waals surface area contributed by atoms with Crippen LogP contribution in [0.5, 0.6) is 0 Å². The Morgan fingerprint density at radius 2 is 2.20 bits per heavy atom. The number of alkyl halides is 1. The van der Waals surface area contributed by atoms with Crippen LogP contribution in [0.2, 0.25) is 0 Å². The van der Waals surface area contributed by atoms with Gasteiger partial charge in [-0.3, -0.25) is 10.3 Å². The zero-order valence-electron chi connectivity index (χ0n) is 5.98. The van der Waals surface area contributed by atoms with Crippen molar-refractivity contribution in [2.75, 3.05) is 7.05 Å². The fourth-order valence-electron chi connectivity index (χ4n) is 0.799. The Morgan fingerprint density at radius 1 is 1.50 bits per heavy atom. The van der Waals surface area contributed by atoms with E-state index in [0.717, 1.165) is 5.96 Å². The van der Waals surface area contributed by atoms with Crippen molar-refractivity contribution in [2.24, 2.45) is 4.99 Å². The summed E-state index contributed by atoms with van der Waals surface area (Å²) >= 11 is 5.74. The SMILES string of the molecule is CN=C1NC(C)NC(Cl)N1. The van der Waals surface area contributed by atoms with Gasteiger partial charge in [0.05, 0.1) is 6.17 Å². The van der Waals surface area contributed by atoms with Crippen LogP contribution in [0.1, 0.15) is 6.92 Å². The summed E-state index contributed by atoms with van der Waals surface area (Å²) in [6.45, 7) is 1.97. The number of aliphatic imine (C=N–C) groups is 1. The zero-order chi connectivity index (χ0) is 7.56. The van der Waals surface area contributed by atoms with E-state index in [-0.39, 0.29) is 11.8 Å². The van der Waals surface area contributed by atoms with Gasteiger partial charge in [-0.1, -0.05) is 11.6 Å². The van der Waals surface area contributed by atoms with Crippen LogP contribution < -0.4 is 16.0 Å². The molecule has 0 saturated carbocycles. The predicted molar refractivity (Wildman–Crippen MR) is 41.9 cm³/mol. The maximum atomic E-state index is 5.74. The second-order valence-electron chi connectivity index (χ2n) is 2.11. The van der Waals surface area contributed by atoms with Crippen LogP contribution in [0.15, 0.2) is 4.99 Å². The Kier molecular flexibility index (Phi) is 2.34. The molecule has 5 heteroatoms. The molecule has 2 unspecified atom stereocenters. The van der Waals surface area contributed by atoms with Crippen LogP contribution in [0, 0.1) is 0 Å². The summed E-state index contributed by atoms with van der Waals surface area (Å²) in [6, 6.07) is 0. The van der Waals surface area contributed by atoms with Gasteiger partial charge in [0.15, 0.2) is 11.6 Å². The summed E-state index contributed by atoms with van der Waals surface area (Å²) in [5, 5.41) is 8.94. The molecule has 0 aromatic heterocycles. The molecular weight excluding hydrogens is 152 g/mol. The van der Waals surface area contributed by atoms with Gasteiger partial charge < -0.3 is 10.6 Å². The molecule has 0 amide bonds. The molecule has 3 N–H and O–H groups in total. The van der Waals surface area contributed by atoms with Gasteiger partial charge in [0.1, 0.15) is 0 Å². The molecule has 0 aromatic rings. The van der Waals surface area contributed by atoms with E-state index >= 15 is 0 Å². The highest BCUT2D eigenvalue weighted by molar-refractivity contribution is 6.21. The molecule has 1 aliphatic heterocycles. The van der Waals surface area contributed by atoms with E-state index in [4.69, 9.17) is 11.6 Å². The second-order valence-corrected chi connectivity index (χ2v) is 2.55. The maximum Gasteiger partial charge on any atom is 0.194 e. The van der Waals surface area contributed by atoms with Crippen molar-refractivity contribution in [1.29, 1.82) is 0 Å². The van der Waals surface area contributed by atoms with Gasteiger partial charge in [0.2, 0.25) is 0 Å². The summed E-state index contributed by atoms with van der Waals surface area (Å²) in [5.74, 6) is 0.728. The van der Waals surface area contributed by atoms with Crippen LogP contribution >= 0.6 is 11.6 Å². The minimum absolute atomic E-state index is 0.169. The zero-order valence-corrected chi connectivity index (χ0v) is 6.74. The molecular formula is C5H11ClN4. The number of guanidine groups is 1. The van der Waals surface area contributed by atoms with Gasteiger partial charge >= 0.3 is 0 Å². The Morgan fingerprint density at radius 3 is 2.70 bits per heavy atom. The summed E-state index contributed by atoms with van der Waals surface area (Å²) in [6.07, 6.45) is 0.169. The second kappa shape index (κ2) is 3.07. The van der Waals surface area contributed by atoms with Crippen LogP contribution in [0.25, 0.3) is 0 Å². The first-order chi connectivity index (χ1) is 4.72. The van der Waals surface area contributed by atoms with Crippen LogP contribution in [0.4, 0.5) is 0 Å². The molecule has 0 bridgehead atoms. The Balaban J connectivity index is 2.51. The maximum absolute atomic E-state index is 5.74. The minimum atomic E-state index is -0.227. The summed E-state index contributed by atoms with van der Waals surface area (Å²) < 4.78 is 0. The highest BCUT2D eigenvalue weighted by atomic mass is 35.5. The molecule has 1 rings (SSSR count). The highest BCUT2D eigenvalue weighted by Gasteiger charge is 2.16.